The molecule has 1 amide bonds. The summed E-state index contributed by atoms with van der Waals surface area (Å²) in [6, 6.07) is 10.3. The Morgan fingerprint density at radius 3 is 2.30 bits per heavy atom. The van der Waals surface area contributed by atoms with Gasteiger partial charge in [-0.3, -0.25) is 4.79 Å². The number of halogens is 2. The lowest BCUT2D eigenvalue weighted by Crippen LogP contribution is -2.35. The second-order valence-corrected chi connectivity index (χ2v) is 9.47. The number of nitrogens with zero attached hydrogens (tertiary/aromatic N) is 1. The van der Waals surface area contributed by atoms with Gasteiger partial charge in [0.25, 0.3) is 5.91 Å². The third-order valence-electron chi connectivity index (χ3n) is 4.58. The molecule has 0 aliphatic carbocycles. The molecule has 0 radical (unpaired) electrons. The second kappa shape index (κ2) is 9.78. The summed E-state index contributed by atoms with van der Waals surface area (Å²) in [5, 5.41) is 2.98. The van der Waals surface area contributed by atoms with Crippen molar-refractivity contribution < 1.29 is 22.7 Å². The molecule has 1 aliphatic heterocycles. The number of benzene rings is 2. The SMILES string of the molecule is O=C(COC(=O)c1cccc(S(=O)(=O)N2CCCCC2)c1)Nc1c(Cl)cccc1Cl. The molecule has 0 atom stereocenters. The molecular weight excluding hydrogens is 451 g/mol. The van der Waals surface area contributed by atoms with Crippen LogP contribution >= 0.6 is 23.2 Å². The summed E-state index contributed by atoms with van der Waals surface area (Å²) in [6.07, 6.45) is 2.62. The fourth-order valence-electron chi connectivity index (χ4n) is 3.05. The molecule has 1 saturated heterocycles. The molecule has 2 aromatic carbocycles. The second-order valence-electron chi connectivity index (χ2n) is 6.71. The number of hydrogen-bond acceptors (Lipinski definition) is 5. The third-order valence-corrected chi connectivity index (χ3v) is 7.11. The van der Waals surface area contributed by atoms with Crippen molar-refractivity contribution >= 4 is 50.8 Å². The van der Waals surface area contributed by atoms with E-state index in [0.29, 0.717) is 13.1 Å². The fraction of sp³-hybridized carbons (Fsp3) is 0.300. The first kappa shape index (κ1) is 22.6. The molecule has 0 aromatic heterocycles. The third kappa shape index (κ3) is 5.31. The standard InChI is InChI=1S/C20H20Cl2N2O5S/c21-16-8-5-9-17(22)19(16)23-18(25)13-29-20(26)14-6-4-7-15(12-14)30(27,28)24-10-2-1-3-11-24/h4-9,12H,1-3,10-11,13H2,(H,23,25). The number of anilines is 1. The lowest BCUT2D eigenvalue weighted by molar-refractivity contribution is -0.119. The van der Waals surface area contributed by atoms with Crippen LogP contribution < -0.4 is 5.32 Å². The Hall–Kier alpha value is -2.13. The Morgan fingerprint density at radius 2 is 1.63 bits per heavy atom. The minimum atomic E-state index is -3.68. The number of piperidine rings is 1. The van der Waals surface area contributed by atoms with Gasteiger partial charge in [-0.15, -0.1) is 0 Å². The summed E-state index contributed by atoms with van der Waals surface area (Å²) < 4.78 is 32.0. The van der Waals surface area contributed by atoms with Crippen molar-refractivity contribution in [1.82, 2.24) is 4.31 Å². The number of para-hydroxylation sites is 1. The maximum atomic E-state index is 12.8. The number of amides is 1. The highest BCUT2D eigenvalue weighted by molar-refractivity contribution is 7.89. The van der Waals surface area contributed by atoms with Crippen LogP contribution in [0.5, 0.6) is 0 Å². The summed E-state index contributed by atoms with van der Waals surface area (Å²) in [4.78, 5) is 24.4. The van der Waals surface area contributed by atoms with Gasteiger partial charge in [-0.1, -0.05) is 41.8 Å². The molecule has 0 saturated carbocycles. The van der Waals surface area contributed by atoms with Crippen LogP contribution in [-0.2, 0) is 19.6 Å². The van der Waals surface area contributed by atoms with Gasteiger partial charge in [-0.2, -0.15) is 4.31 Å². The minimum absolute atomic E-state index is 0.0196. The molecular formula is C20H20Cl2N2O5S. The van der Waals surface area contributed by atoms with Gasteiger partial charge in [0.2, 0.25) is 10.0 Å². The summed E-state index contributed by atoms with van der Waals surface area (Å²) in [5.41, 5.74) is 0.258. The first-order valence-electron chi connectivity index (χ1n) is 9.30. The van der Waals surface area contributed by atoms with Crippen LogP contribution in [0.3, 0.4) is 0 Å². The quantitative estimate of drug-likeness (QED) is 0.644. The van der Waals surface area contributed by atoms with Gasteiger partial charge in [0.1, 0.15) is 0 Å². The normalized spacial score (nSPS) is 14.9. The first-order chi connectivity index (χ1) is 14.3. The monoisotopic (exact) mass is 470 g/mol. The van der Waals surface area contributed by atoms with E-state index >= 15 is 0 Å². The number of esters is 1. The topological polar surface area (TPSA) is 92.8 Å². The molecule has 3 rings (SSSR count). The van der Waals surface area contributed by atoms with Crippen LogP contribution in [-0.4, -0.2) is 44.3 Å². The molecule has 1 heterocycles. The fourth-order valence-corrected chi connectivity index (χ4v) is 5.10. The maximum absolute atomic E-state index is 12.8. The summed E-state index contributed by atoms with van der Waals surface area (Å²) in [5.74, 6) is -1.44. The van der Waals surface area contributed by atoms with Crippen LogP contribution in [0.1, 0.15) is 29.6 Å². The van der Waals surface area contributed by atoms with Crippen molar-refractivity contribution in [3.05, 3.63) is 58.1 Å². The molecule has 30 heavy (non-hydrogen) atoms. The molecule has 0 spiro atoms. The summed E-state index contributed by atoms with van der Waals surface area (Å²) >= 11 is 12.0. The Bertz CT molecular complexity index is 1030. The number of sulfonamides is 1. The molecule has 0 bridgehead atoms. The number of nitrogens with one attached hydrogen (secondary N) is 1. The van der Waals surface area contributed by atoms with Crippen molar-refractivity contribution in [1.29, 1.82) is 0 Å². The highest BCUT2D eigenvalue weighted by Gasteiger charge is 2.26. The van der Waals surface area contributed by atoms with E-state index in [2.05, 4.69) is 5.32 Å². The number of rotatable bonds is 6. The number of hydrogen-bond donors (Lipinski definition) is 1. The Kier molecular flexibility index (Phi) is 7.36. The van der Waals surface area contributed by atoms with E-state index in [1.807, 2.05) is 0 Å². The van der Waals surface area contributed by atoms with Gasteiger partial charge in [-0.05, 0) is 43.2 Å². The van der Waals surface area contributed by atoms with Crippen molar-refractivity contribution in [3.8, 4) is 0 Å². The van der Waals surface area contributed by atoms with Crippen LogP contribution in [0.2, 0.25) is 10.0 Å². The minimum Gasteiger partial charge on any atom is -0.452 e. The largest absolute Gasteiger partial charge is 0.452 e. The van der Waals surface area contributed by atoms with E-state index in [0.717, 1.165) is 19.3 Å². The number of ether oxygens (including phenoxy) is 1. The van der Waals surface area contributed by atoms with E-state index in [1.54, 1.807) is 18.2 Å². The highest BCUT2D eigenvalue weighted by atomic mass is 35.5. The first-order valence-corrected chi connectivity index (χ1v) is 11.5. The summed E-state index contributed by atoms with van der Waals surface area (Å²) in [6.45, 7) is 0.340. The van der Waals surface area contributed by atoms with E-state index < -0.39 is 28.5 Å². The molecule has 7 nitrogen and oxygen atoms in total. The van der Waals surface area contributed by atoms with E-state index in [1.165, 1.54) is 28.6 Å². The smallest absolute Gasteiger partial charge is 0.338 e. The molecule has 1 N–H and O–H groups in total. The van der Waals surface area contributed by atoms with Gasteiger partial charge >= 0.3 is 5.97 Å². The molecule has 1 fully saturated rings. The summed E-state index contributed by atoms with van der Waals surface area (Å²) in [7, 11) is -3.68. The predicted octanol–water partition coefficient (Wildman–Crippen LogP) is 3.96. The van der Waals surface area contributed by atoms with Gasteiger partial charge in [0.05, 0.1) is 26.2 Å². The van der Waals surface area contributed by atoms with Crippen LogP contribution in [0.25, 0.3) is 0 Å². The highest BCUT2D eigenvalue weighted by Crippen LogP contribution is 2.29. The molecule has 1 aliphatic rings. The van der Waals surface area contributed by atoms with Crippen molar-refractivity contribution in [2.24, 2.45) is 0 Å². The zero-order valence-electron chi connectivity index (χ0n) is 15.9. The molecule has 10 heteroatoms. The number of carbonyl (C=O) groups is 2. The molecule has 160 valence electrons. The van der Waals surface area contributed by atoms with Gasteiger partial charge in [0, 0.05) is 13.1 Å². The van der Waals surface area contributed by atoms with Crippen LogP contribution in [0, 0.1) is 0 Å². The van der Waals surface area contributed by atoms with Crippen molar-refractivity contribution in [2.75, 3.05) is 25.0 Å². The van der Waals surface area contributed by atoms with Crippen molar-refractivity contribution in [3.63, 3.8) is 0 Å². The zero-order chi connectivity index (χ0) is 21.7. The Morgan fingerprint density at radius 1 is 1.00 bits per heavy atom. The molecule has 0 unspecified atom stereocenters. The Labute approximate surface area is 185 Å². The average Bonchev–Trinajstić information content (AvgIpc) is 2.75. The number of carbonyl (C=O) groups excluding carboxylic acids is 2. The Balaban J connectivity index is 1.64. The lowest BCUT2D eigenvalue weighted by Gasteiger charge is -2.25. The van der Waals surface area contributed by atoms with E-state index in [4.69, 9.17) is 27.9 Å². The van der Waals surface area contributed by atoms with E-state index in [9.17, 15) is 18.0 Å². The lowest BCUT2D eigenvalue weighted by atomic mass is 10.2. The maximum Gasteiger partial charge on any atom is 0.338 e. The molecule has 2 aromatic rings. The van der Waals surface area contributed by atoms with Gasteiger partial charge < -0.3 is 10.1 Å². The zero-order valence-corrected chi connectivity index (χ0v) is 18.3. The van der Waals surface area contributed by atoms with E-state index in [-0.39, 0.29) is 26.2 Å². The van der Waals surface area contributed by atoms with Crippen molar-refractivity contribution in [2.45, 2.75) is 24.2 Å². The average molecular weight is 471 g/mol. The van der Waals surface area contributed by atoms with Crippen LogP contribution in [0.15, 0.2) is 47.4 Å². The van der Waals surface area contributed by atoms with Gasteiger partial charge in [-0.25, -0.2) is 13.2 Å². The van der Waals surface area contributed by atoms with Crippen LogP contribution in [0.4, 0.5) is 5.69 Å². The van der Waals surface area contributed by atoms with Gasteiger partial charge in [0.15, 0.2) is 6.61 Å². The predicted molar refractivity (Wildman–Crippen MR) is 114 cm³/mol.